The Morgan fingerprint density at radius 1 is 1.16 bits per heavy atom. The number of hydrogen-bond acceptors (Lipinski definition) is 8. The van der Waals surface area contributed by atoms with Crippen LogP contribution in [0.4, 0.5) is 5.13 Å². The van der Waals surface area contributed by atoms with Gasteiger partial charge in [0.1, 0.15) is 4.88 Å². The van der Waals surface area contributed by atoms with Gasteiger partial charge in [0.05, 0.1) is 25.1 Å². The number of anilines is 1. The predicted octanol–water partition coefficient (Wildman–Crippen LogP) is 2.34. The number of rotatable bonds is 6. The van der Waals surface area contributed by atoms with Gasteiger partial charge >= 0.3 is 0 Å². The van der Waals surface area contributed by atoms with Gasteiger partial charge in [0, 0.05) is 31.5 Å². The molecule has 0 atom stereocenters. The predicted molar refractivity (Wildman–Crippen MR) is 116 cm³/mol. The van der Waals surface area contributed by atoms with E-state index in [4.69, 9.17) is 9.15 Å². The van der Waals surface area contributed by atoms with Crippen molar-refractivity contribution in [1.29, 1.82) is 0 Å². The summed E-state index contributed by atoms with van der Waals surface area (Å²) < 4.78 is 11.0. The molecule has 162 valence electrons. The number of nitrogens with zero attached hydrogens (tertiary/aromatic N) is 3. The highest BCUT2D eigenvalue weighted by Crippen LogP contribution is 2.26. The van der Waals surface area contributed by atoms with E-state index in [-0.39, 0.29) is 18.2 Å². The van der Waals surface area contributed by atoms with Gasteiger partial charge in [-0.25, -0.2) is 9.97 Å². The molecule has 1 saturated heterocycles. The van der Waals surface area contributed by atoms with Crippen molar-refractivity contribution < 1.29 is 18.7 Å². The van der Waals surface area contributed by atoms with Gasteiger partial charge in [-0.3, -0.25) is 20.4 Å². The number of morpholine rings is 1. The number of aryl methyl sites for hydroxylation is 2. The van der Waals surface area contributed by atoms with Gasteiger partial charge < -0.3 is 14.1 Å². The SMILES string of the molecule is Cc1nc(N2CCOCC2)sc1C(=O)NNC(=O)CCc1ncc(-c2ccccc2)o1. The number of carbonyl (C=O) groups is 2. The van der Waals surface area contributed by atoms with Crippen LogP contribution in [0.1, 0.15) is 27.7 Å². The van der Waals surface area contributed by atoms with Crippen molar-refractivity contribution in [2.45, 2.75) is 19.8 Å². The molecule has 0 saturated carbocycles. The van der Waals surface area contributed by atoms with Crippen LogP contribution < -0.4 is 15.8 Å². The summed E-state index contributed by atoms with van der Waals surface area (Å²) in [5.41, 5.74) is 6.46. The van der Waals surface area contributed by atoms with Crippen molar-refractivity contribution in [3.8, 4) is 11.3 Å². The third kappa shape index (κ3) is 5.28. The zero-order valence-corrected chi connectivity index (χ0v) is 17.9. The molecule has 0 aliphatic carbocycles. The monoisotopic (exact) mass is 441 g/mol. The van der Waals surface area contributed by atoms with Crippen LogP contribution in [0.15, 0.2) is 40.9 Å². The van der Waals surface area contributed by atoms with Crippen molar-refractivity contribution >= 4 is 28.3 Å². The van der Waals surface area contributed by atoms with Crippen LogP contribution in [0.5, 0.6) is 0 Å². The molecule has 1 aliphatic rings. The summed E-state index contributed by atoms with van der Waals surface area (Å²) >= 11 is 1.31. The summed E-state index contributed by atoms with van der Waals surface area (Å²) in [5.74, 6) is 0.406. The van der Waals surface area contributed by atoms with Gasteiger partial charge in [-0.05, 0) is 6.92 Å². The van der Waals surface area contributed by atoms with Crippen LogP contribution in [-0.2, 0) is 16.0 Å². The van der Waals surface area contributed by atoms with Gasteiger partial charge in [0.25, 0.3) is 5.91 Å². The third-order valence-corrected chi connectivity index (χ3v) is 5.98. The quantitative estimate of drug-likeness (QED) is 0.565. The van der Waals surface area contributed by atoms with E-state index in [2.05, 4.69) is 25.7 Å². The van der Waals surface area contributed by atoms with Gasteiger partial charge in [-0.1, -0.05) is 41.7 Å². The highest BCUT2D eigenvalue weighted by Gasteiger charge is 2.21. The molecule has 1 fully saturated rings. The van der Waals surface area contributed by atoms with Gasteiger partial charge in [-0.2, -0.15) is 0 Å². The summed E-state index contributed by atoms with van der Waals surface area (Å²) in [6.07, 6.45) is 2.11. The van der Waals surface area contributed by atoms with Crippen LogP contribution in [0.2, 0.25) is 0 Å². The Bertz CT molecular complexity index is 1040. The maximum Gasteiger partial charge on any atom is 0.281 e. The Labute approximate surface area is 183 Å². The minimum Gasteiger partial charge on any atom is -0.441 e. The zero-order chi connectivity index (χ0) is 21.6. The first-order valence-electron chi connectivity index (χ1n) is 9.99. The number of carbonyl (C=O) groups excluding carboxylic acids is 2. The molecule has 0 radical (unpaired) electrons. The van der Waals surface area contributed by atoms with Crippen LogP contribution in [0.25, 0.3) is 11.3 Å². The first kappa shape index (κ1) is 21.0. The Morgan fingerprint density at radius 2 is 1.94 bits per heavy atom. The number of ether oxygens (including phenoxy) is 1. The topological polar surface area (TPSA) is 110 Å². The maximum atomic E-state index is 12.5. The molecular formula is C21H23N5O4S. The second kappa shape index (κ2) is 9.71. The fraction of sp³-hybridized carbons (Fsp3) is 0.333. The lowest BCUT2D eigenvalue weighted by Gasteiger charge is -2.25. The lowest BCUT2D eigenvalue weighted by molar-refractivity contribution is -0.121. The minimum absolute atomic E-state index is 0.135. The van der Waals surface area contributed by atoms with Crippen molar-refractivity contribution in [2.24, 2.45) is 0 Å². The van der Waals surface area contributed by atoms with Crippen LogP contribution in [0, 0.1) is 6.92 Å². The minimum atomic E-state index is -0.384. The average molecular weight is 442 g/mol. The van der Waals surface area contributed by atoms with Crippen molar-refractivity contribution in [1.82, 2.24) is 20.8 Å². The lowest BCUT2D eigenvalue weighted by atomic mass is 10.2. The van der Waals surface area contributed by atoms with Gasteiger partial charge in [-0.15, -0.1) is 0 Å². The van der Waals surface area contributed by atoms with E-state index in [1.54, 1.807) is 13.1 Å². The zero-order valence-electron chi connectivity index (χ0n) is 17.1. The Balaban J connectivity index is 1.26. The number of hydrogen-bond donors (Lipinski definition) is 2. The lowest BCUT2D eigenvalue weighted by Crippen LogP contribution is -2.41. The highest BCUT2D eigenvalue weighted by atomic mass is 32.1. The van der Waals surface area contributed by atoms with Gasteiger partial charge in [0.2, 0.25) is 5.91 Å². The summed E-state index contributed by atoms with van der Waals surface area (Å²) in [7, 11) is 0. The first-order chi connectivity index (χ1) is 15.1. The molecule has 4 rings (SSSR count). The summed E-state index contributed by atoms with van der Waals surface area (Å²) in [4.78, 5) is 35.9. The molecule has 0 spiro atoms. The first-order valence-corrected chi connectivity index (χ1v) is 10.8. The average Bonchev–Trinajstić information content (AvgIpc) is 3.44. The Hall–Kier alpha value is -3.24. The number of thiazole rings is 1. The number of aromatic nitrogens is 2. The summed E-state index contributed by atoms with van der Waals surface area (Å²) in [6.45, 7) is 4.57. The van der Waals surface area contributed by atoms with Crippen molar-refractivity contribution in [2.75, 3.05) is 31.2 Å². The number of hydrazine groups is 1. The number of oxazole rings is 1. The molecular weight excluding hydrogens is 418 g/mol. The summed E-state index contributed by atoms with van der Waals surface area (Å²) in [6, 6.07) is 9.62. The molecule has 3 heterocycles. The molecule has 3 aromatic rings. The molecule has 10 heteroatoms. The molecule has 0 bridgehead atoms. The largest absolute Gasteiger partial charge is 0.441 e. The molecule has 2 amide bonds. The highest BCUT2D eigenvalue weighted by molar-refractivity contribution is 7.17. The second-order valence-corrected chi connectivity index (χ2v) is 7.97. The number of amides is 2. The van der Waals surface area contributed by atoms with E-state index in [9.17, 15) is 9.59 Å². The van der Waals surface area contributed by atoms with Crippen LogP contribution >= 0.6 is 11.3 Å². The fourth-order valence-electron chi connectivity index (χ4n) is 3.11. The van der Waals surface area contributed by atoms with E-state index >= 15 is 0 Å². The van der Waals surface area contributed by atoms with Crippen molar-refractivity contribution in [3.63, 3.8) is 0 Å². The Kier molecular flexibility index (Phi) is 6.58. The van der Waals surface area contributed by atoms with Gasteiger partial charge in [0.15, 0.2) is 16.8 Å². The Morgan fingerprint density at radius 3 is 2.71 bits per heavy atom. The fourth-order valence-corrected chi connectivity index (χ4v) is 4.12. The molecule has 1 aliphatic heterocycles. The molecule has 1 aromatic carbocycles. The molecule has 0 unspecified atom stereocenters. The standard InChI is InChI=1S/C21H23N5O4S/c1-14-19(31-21(23-14)26-9-11-29-12-10-26)20(28)25-24-17(27)7-8-18-22-13-16(30-18)15-5-3-2-4-6-15/h2-6,13H,7-12H2,1H3,(H,24,27)(H,25,28). The summed E-state index contributed by atoms with van der Waals surface area (Å²) in [5, 5.41) is 0.787. The number of nitrogens with one attached hydrogen (secondary N) is 2. The van der Waals surface area contributed by atoms with Crippen molar-refractivity contribution in [3.05, 3.63) is 53.0 Å². The van der Waals surface area contributed by atoms with E-state index in [1.165, 1.54) is 11.3 Å². The molecule has 31 heavy (non-hydrogen) atoms. The van der Waals surface area contributed by atoms with E-state index < -0.39 is 0 Å². The number of benzene rings is 1. The normalized spacial score (nSPS) is 13.8. The van der Waals surface area contributed by atoms with Crippen LogP contribution in [0.3, 0.4) is 0 Å². The van der Waals surface area contributed by atoms with E-state index in [0.717, 1.165) is 23.8 Å². The molecule has 9 nitrogen and oxygen atoms in total. The molecule has 2 N–H and O–H groups in total. The third-order valence-electron chi connectivity index (χ3n) is 4.77. The second-order valence-electron chi connectivity index (χ2n) is 7.00. The smallest absolute Gasteiger partial charge is 0.281 e. The van der Waals surface area contributed by atoms with Crippen LogP contribution in [-0.4, -0.2) is 48.1 Å². The van der Waals surface area contributed by atoms with E-state index in [0.29, 0.717) is 41.9 Å². The van der Waals surface area contributed by atoms with E-state index in [1.807, 2.05) is 30.3 Å². The maximum absolute atomic E-state index is 12.5. The molecule has 2 aromatic heterocycles.